The Balaban J connectivity index is 1.22. The van der Waals surface area contributed by atoms with Gasteiger partial charge < -0.3 is 9.32 Å². The number of hydrogen-bond acceptors (Lipinski definition) is 4. The van der Waals surface area contributed by atoms with Crippen LogP contribution in [0.4, 0.5) is 17.1 Å². The Kier molecular flexibility index (Phi) is 5.06. The summed E-state index contributed by atoms with van der Waals surface area (Å²) in [5.74, 6) is 0. The molecule has 0 amide bonds. The second-order valence-corrected chi connectivity index (χ2v) is 13.5. The van der Waals surface area contributed by atoms with E-state index in [2.05, 4.69) is 132 Å². The maximum atomic E-state index is 6.20. The lowest BCUT2D eigenvalue weighted by Gasteiger charge is -2.26. The molecule has 0 unspecified atom stereocenters. The number of hydrogen-bond donors (Lipinski definition) is 0. The zero-order valence-electron chi connectivity index (χ0n) is 23.5. The minimum Gasteiger partial charge on any atom is -0.456 e. The summed E-state index contributed by atoms with van der Waals surface area (Å²) in [6, 6.07) is 50.7. The molecule has 4 heteroatoms. The van der Waals surface area contributed by atoms with Gasteiger partial charge in [-0.15, -0.1) is 22.7 Å². The molecule has 2 nitrogen and oxygen atoms in total. The lowest BCUT2D eigenvalue weighted by atomic mass is 10.0. The first-order chi connectivity index (χ1) is 21.8. The van der Waals surface area contributed by atoms with Gasteiger partial charge in [0.05, 0.1) is 0 Å². The van der Waals surface area contributed by atoms with E-state index in [4.69, 9.17) is 4.42 Å². The fourth-order valence-electron chi connectivity index (χ4n) is 6.83. The molecule has 7 aromatic carbocycles. The average molecular weight is 598 g/mol. The number of thiophene rings is 2. The molecule has 0 bridgehead atoms. The summed E-state index contributed by atoms with van der Waals surface area (Å²) >= 11 is 3.72. The molecule has 0 N–H and O–H groups in total. The molecule has 0 aliphatic rings. The van der Waals surface area contributed by atoms with Crippen molar-refractivity contribution in [1.82, 2.24) is 0 Å². The van der Waals surface area contributed by atoms with Crippen molar-refractivity contribution in [2.45, 2.75) is 0 Å². The van der Waals surface area contributed by atoms with Gasteiger partial charge in [-0.1, -0.05) is 72.8 Å². The highest BCUT2D eigenvalue weighted by molar-refractivity contribution is 7.26. The smallest absolute Gasteiger partial charge is 0.136 e. The molecular formula is C40H23NOS2. The van der Waals surface area contributed by atoms with Crippen molar-refractivity contribution in [3.63, 3.8) is 0 Å². The molecule has 0 spiro atoms. The highest BCUT2D eigenvalue weighted by Crippen LogP contribution is 2.44. The van der Waals surface area contributed by atoms with E-state index in [1.807, 2.05) is 34.8 Å². The van der Waals surface area contributed by atoms with E-state index in [0.717, 1.165) is 33.6 Å². The maximum Gasteiger partial charge on any atom is 0.136 e. The predicted octanol–water partition coefficient (Wildman–Crippen LogP) is 12.9. The van der Waals surface area contributed by atoms with Gasteiger partial charge in [-0.25, -0.2) is 0 Å². The number of nitrogens with zero attached hydrogens (tertiary/aromatic N) is 1. The van der Waals surface area contributed by atoms with Crippen LogP contribution in [0.3, 0.4) is 0 Å². The van der Waals surface area contributed by atoms with Gasteiger partial charge in [0.25, 0.3) is 0 Å². The molecular weight excluding hydrogens is 575 g/mol. The normalized spacial score (nSPS) is 12.1. The van der Waals surface area contributed by atoms with Gasteiger partial charge in [-0.05, 0) is 77.5 Å². The number of para-hydroxylation sites is 1. The fraction of sp³-hybridized carbons (Fsp3) is 0. The van der Waals surface area contributed by atoms with Crippen LogP contribution in [0.25, 0.3) is 73.1 Å². The summed E-state index contributed by atoms with van der Waals surface area (Å²) in [5.41, 5.74) is 5.28. The van der Waals surface area contributed by atoms with Crippen molar-refractivity contribution in [2.24, 2.45) is 0 Å². The molecule has 10 rings (SSSR count). The number of rotatable bonds is 3. The molecule has 0 saturated heterocycles. The number of furan rings is 1. The summed E-state index contributed by atoms with van der Waals surface area (Å²) in [6.07, 6.45) is 0. The zero-order valence-corrected chi connectivity index (χ0v) is 25.1. The van der Waals surface area contributed by atoms with Crippen LogP contribution in [-0.4, -0.2) is 0 Å². The van der Waals surface area contributed by atoms with Crippen LogP contribution in [0.15, 0.2) is 144 Å². The molecule has 10 aromatic rings. The van der Waals surface area contributed by atoms with Crippen LogP contribution in [0, 0.1) is 0 Å². The minimum atomic E-state index is 0.924. The Morgan fingerprint density at radius 2 is 0.977 bits per heavy atom. The SMILES string of the molecule is c1ccc2c(c1)oc1ccc3cc(N(c4ccc5c(c4)sc4ccccc45)c4ccc5sc6ccccc6c5c4)ccc3c12. The van der Waals surface area contributed by atoms with Crippen LogP contribution in [0.5, 0.6) is 0 Å². The number of fused-ring (bicyclic) bond motifs is 11. The standard InChI is InChI=1S/C40H23NOS2/c1-4-10-34-32(9-1)40-28-17-14-25(21-24(28)13-19-35(40)42-34)41(26-16-20-38-33(22-26)30-8-3-6-12-37(30)43-38)27-15-18-31-29-7-2-5-11-36(29)44-39(31)23-27/h1-23H. The Bertz CT molecular complexity index is 2750. The second kappa shape index (κ2) is 9.17. The molecule has 0 aliphatic carbocycles. The highest BCUT2D eigenvalue weighted by atomic mass is 32.1. The third-order valence-electron chi connectivity index (χ3n) is 8.84. The van der Waals surface area contributed by atoms with E-state index in [0.29, 0.717) is 0 Å². The van der Waals surface area contributed by atoms with E-state index < -0.39 is 0 Å². The van der Waals surface area contributed by atoms with E-state index in [1.165, 1.54) is 56.5 Å². The quantitative estimate of drug-likeness (QED) is 0.201. The Morgan fingerprint density at radius 3 is 1.82 bits per heavy atom. The molecule has 0 atom stereocenters. The summed E-state index contributed by atoms with van der Waals surface area (Å²) in [7, 11) is 0. The molecule has 0 radical (unpaired) electrons. The highest BCUT2D eigenvalue weighted by Gasteiger charge is 2.18. The first-order valence-electron chi connectivity index (χ1n) is 14.8. The van der Waals surface area contributed by atoms with E-state index in [9.17, 15) is 0 Å². The number of anilines is 3. The molecule has 0 saturated carbocycles. The van der Waals surface area contributed by atoms with Crippen LogP contribution < -0.4 is 4.90 Å². The van der Waals surface area contributed by atoms with E-state index in [1.54, 1.807) is 0 Å². The summed E-state index contributed by atoms with van der Waals surface area (Å²) in [6.45, 7) is 0. The van der Waals surface area contributed by atoms with Crippen molar-refractivity contribution in [2.75, 3.05) is 4.90 Å². The van der Waals surface area contributed by atoms with Gasteiger partial charge in [0.15, 0.2) is 0 Å². The molecule has 0 aliphatic heterocycles. The van der Waals surface area contributed by atoms with Gasteiger partial charge in [-0.2, -0.15) is 0 Å². The van der Waals surface area contributed by atoms with E-state index in [-0.39, 0.29) is 0 Å². The van der Waals surface area contributed by atoms with Crippen molar-refractivity contribution in [3.05, 3.63) is 140 Å². The topological polar surface area (TPSA) is 16.4 Å². The fourth-order valence-corrected chi connectivity index (χ4v) is 9.06. The lowest BCUT2D eigenvalue weighted by molar-refractivity contribution is 0.669. The van der Waals surface area contributed by atoms with Gasteiger partial charge in [0.2, 0.25) is 0 Å². The first-order valence-corrected chi connectivity index (χ1v) is 16.4. The largest absolute Gasteiger partial charge is 0.456 e. The second-order valence-electron chi connectivity index (χ2n) is 11.3. The zero-order chi connectivity index (χ0) is 28.8. The third-order valence-corrected chi connectivity index (χ3v) is 11.1. The van der Waals surface area contributed by atoms with Gasteiger partial charge in [0, 0.05) is 68.2 Å². The molecule has 3 heterocycles. The predicted molar refractivity (Wildman–Crippen MR) is 192 cm³/mol. The van der Waals surface area contributed by atoms with Crippen LogP contribution in [-0.2, 0) is 0 Å². The Morgan fingerprint density at radius 1 is 0.386 bits per heavy atom. The van der Waals surface area contributed by atoms with Gasteiger partial charge in [0.1, 0.15) is 11.2 Å². The average Bonchev–Trinajstić information content (AvgIpc) is 3.75. The summed E-state index contributed by atoms with van der Waals surface area (Å²) in [5, 5.41) is 9.95. The summed E-state index contributed by atoms with van der Waals surface area (Å²) < 4.78 is 11.4. The van der Waals surface area contributed by atoms with Gasteiger partial charge >= 0.3 is 0 Å². The summed E-state index contributed by atoms with van der Waals surface area (Å²) in [4.78, 5) is 2.41. The van der Waals surface area contributed by atoms with Crippen molar-refractivity contribution in [3.8, 4) is 0 Å². The Labute approximate surface area is 260 Å². The monoisotopic (exact) mass is 597 g/mol. The maximum absolute atomic E-state index is 6.20. The molecule has 3 aromatic heterocycles. The van der Waals surface area contributed by atoms with Gasteiger partial charge in [-0.3, -0.25) is 0 Å². The first kappa shape index (κ1) is 24.3. The molecule has 206 valence electrons. The van der Waals surface area contributed by atoms with Crippen LogP contribution >= 0.6 is 22.7 Å². The Hall–Kier alpha value is -5.16. The van der Waals surface area contributed by atoms with Crippen molar-refractivity contribution in [1.29, 1.82) is 0 Å². The lowest BCUT2D eigenvalue weighted by Crippen LogP contribution is -2.09. The molecule has 0 fully saturated rings. The molecule has 44 heavy (non-hydrogen) atoms. The number of benzene rings is 7. The minimum absolute atomic E-state index is 0.924. The van der Waals surface area contributed by atoms with Crippen molar-refractivity contribution < 1.29 is 4.42 Å². The van der Waals surface area contributed by atoms with Crippen molar-refractivity contribution >= 4 is 113 Å². The van der Waals surface area contributed by atoms with Crippen LogP contribution in [0.1, 0.15) is 0 Å². The van der Waals surface area contributed by atoms with Crippen LogP contribution in [0.2, 0.25) is 0 Å². The van der Waals surface area contributed by atoms with E-state index >= 15 is 0 Å². The third kappa shape index (κ3) is 3.53.